The molecule has 1 atom stereocenters. The number of methoxy groups -OCH3 is 2. The molecule has 0 aromatic heterocycles. The molecule has 0 spiro atoms. The number of nitrogens with zero attached hydrogens (tertiary/aromatic N) is 1. The minimum absolute atomic E-state index is 0.216. The zero-order valence-corrected chi connectivity index (χ0v) is 16.3. The van der Waals surface area contributed by atoms with Crippen molar-refractivity contribution in [3.63, 3.8) is 0 Å². The van der Waals surface area contributed by atoms with Gasteiger partial charge in [0.2, 0.25) is 0 Å². The molecule has 3 rings (SSSR count). The molecule has 0 radical (unpaired) electrons. The van der Waals surface area contributed by atoms with Crippen molar-refractivity contribution in [3.05, 3.63) is 58.7 Å². The fourth-order valence-electron chi connectivity index (χ4n) is 3.93. The minimum atomic E-state index is 0.216. The van der Waals surface area contributed by atoms with Gasteiger partial charge in [-0.2, -0.15) is 0 Å². The highest BCUT2D eigenvalue weighted by molar-refractivity contribution is 5.46. The second kappa shape index (κ2) is 8.56. The molecular formula is C22H30N2O2. The smallest absolute Gasteiger partial charge is 0.161 e. The summed E-state index contributed by atoms with van der Waals surface area (Å²) in [5.74, 6) is 1.56. The van der Waals surface area contributed by atoms with Crippen molar-refractivity contribution in [1.29, 1.82) is 0 Å². The second-order valence-corrected chi connectivity index (χ2v) is 7.08. The van der Waals surface area contributed by atoms with Crippen LogP contribution in [0.5, 0.6) is 11.5 Å². The van der Waals surface area contributed by atoms with E-state index in [9.17, 15) is 0 Å². The molecule has 1 N–H and O–H groups in total. The molecule has 1 heterocycles. The number of nitrogens with one attached hydrogen (secondary N) is 1. The van der Waals surface area contributed by atoms with Crippen LogP contribution in [-0.2, 0) is 0 Å². The van der Waals surface area contributed by atoms with Crippen LogP contribution >= 0.6 is 0 Å². The first-order valence-corrected chi connectivity index (χ1v) is 9.37. The van der Waals surface area contributed by atoms with Crippen LogP contribution in [0.1, 0.15) is 34.7 Å². The Labute approximate surface area is 157 Å². The van der Waals surface area contributed by atoms with Gasteiger partial charge in [-0.3, -0.25) is 4.90 Å². The Balaban J connectivity index is 2.07. The average Bonchev–Trinajstić information content (AvgIpc) is 2.90. The van der Waals surface area contributed by atoms with E-state index < -0.39 is 0 Å². The van der Waals surface area contributed by atoms with Crippen LogP contribution in [-0.4, -0.2) is 45.3 Å². The van der Waals surface area contributed by atoms with Gasteiger partial charge in [0.1, 0.15) is 0 Å². The number of hydrogen-bond donors (Lipinski definition) is 1. The molecule has 0 aliphatic carbocycles. The van der Waals surface area contributed by atoms with Crippen molar-refractivity contribution in [3.8, 4) is 11.5 Å². The third kappa shape index (κ3) is 4.19. The largest absolute Gasteiger partial charge is 0.493 e. The van der Waals surface area contributed by atoms with E-state index in [0.717, 1.165) is 44.1 Å². The molecule has 2 aromatic rings. The van der Waals surface area contributed by atoms with Crippen LogP contribution in [0.15, 0.2) is 36.4 Å². The number of benzene rings is 2. The van der Waals surface area contributed by atoms with E-state index in [4.69, 9.17) is 9.47 Å². The maximum Gasteiger partial charge on any atom is 0.161 e. The molecule has 0 bridgehead atoms. The molecule has 1 unspecified atom stereocenters. The summed E-state index contributed by atoms with van der Waals surface area (Å²) in [6.07, 6.45) is 1.16. The van der Waals surface area contributed by atoms with Crippen LogP contribution in [0.4, 0.5) is 0 Å². The van der Waals surface area contributed by atoms with Gasteiger partial charge in [-0.05, 0) is 50.1 Å². The zero-order valence-electron chi connectivity index (χ0n) is 16.3. The molecule has 0 saturated carbocycles. The summed E-state index contributed by atoms with van der Waals surface area (Å²) in [6.45, 7) is 8.57. The van der Waals surface area contributed by atoms with Crippen molar-refractivity contribution in [1.82, 2.24) is 10.2 Å². The Hall–Kier alpha value is -2.04. The van der Waals surface area contributed by atoms with Crippen LogP contribution in [0.25, 0.3) is 0 Å². The van der Waals surface area contributed by atoms with Crippen molar-refractivity contribution >= 4 is 0 Å². The molecule has 0 amide bonds. The van der Waals surface area contributed by atoms with Gasteiger partial charge in [0.15, 0.2) is 11.5 Å². The Bertz CT molecular complexity index is 717. The highest BCUT2D eigenvalue weighted by Crippen LogP contribution is 2.36. The first-order chi connectivity index (χ1) is 12.6. The molecule has 1 saturated heterocycles. The van der Waals surface area contributed by atoms with Crippen molar-refractivity contribution < 1.29 is 9.47 Å². The molecular weight excluding hydrogens is 324 g/mol. The number of aryl methyl sites for hydroxylation is 2. The summed E-state index contributed by atoms with van der Waals surface area (Å²) in [5, 5.41) is 3.51. The van der Waals surface area contributed by atoms with E-state index in [1.807, 2.05) is 6.07 Å². The lowest BCUT2D eigenvalue weighted by Gasteiger charge is -2.32. The summed E-state index contributed by atoms with van der Waals surface area (Å²) in [7, 11) is 3.38. The van der Waals surface area contributed by atoms with Gasteiger partial charge in [0, 0.05) is 19.6 Å². The maximum absolute atomic E-state index is 5.57. The Kier molecular flexibility index (Phi) is 6.17. The number of hydrogen-bond acceptors (Lipinski definition) is 4. The van der Waals surface area contributed by atoms with Gasteiger partial charge in [-0.1, -0.05) is 35.4 Å². The molecule has 1 aliphatic heterocycles. The van der Waals surface area contributed by atoms with E-state index in [1.165, 1.54) is 22.3 Å². The predicted octanol–water partition coefficient (Wildman–Crippen LogP) is 3.71. The van der Waals surface area contributed by atoms with Crippen LogP contribution in [0, 0.1) is 13.8 Å². The van der Waals surface area contributed by atoms with Crippen LogP contribution in [0.3, 0.4) is 0 Å². The molecule has 4 nitrogen and oxygen atoms in total. The Morgan fingerprint density at radius 1 is 0.846 bits per heavy atom. The van der Waals surface area contributed by atoms with E-state index in [-0.39, 0.29) is 6.04 Å². The predicted molar refractivity (Wildman–Crippen MR) is 106 cm³/mol. The van der Waals surface area contributed by atoms with Crippen LogP contribution < -0.4 is 14.8 Å². The van der Waals surface area contributed by atoms with E-state index in [0.29, 0.717) is 0 Å². The van der Waals surface area contributed by atoms with Crippen molar-refractivity contribution in [2.45, 2.75) is 26.3 Å². The molecule has 140 valence electrons. The monoisotopic (exact) mass is 354 g/mol. The van der Waals surface area contributed by atoms with Gasteiger partial charge in [0.05, 0.1) is 20.3 Å². The highest BCUT2D eigenvalue weighted by Gasteiger charge is 2.24. The maximum atomic E-state index is 5.57. The normalized spacial score (nSPS) is 16.8. The fraction of sp³-hybridized carbons (Fsp3) is 0.455. The molecule has 26 heavy (non-hydrogen) atoms. The minimum Gasteiger partial charge on any atom is -0.493 e. The Morgan fingerprint density at radius 2 is 1.58 bits per heavy atom. The summed E-state index contributed by atoms with van der Waals surface area (Å²) in [5.41, 5.74) is 5.20. The van der Waals surface area contributed by atoms with Crippen molar-refractivity contribution in [2.24, 2.45) is 0 Å². The average molecular weight is 354 g/mol. The SMILES string of the molecule is COc1ccc(C(c2cc(C)cc(C)c2)N2CCCNCC2)cc1OC. The number of ether oxygens (including phenoxy) is 2. The van der Waals surface area contributed by atoms with Gasteiger partial charge < -0.3 is 14.8 Å². The van der Waals surface area contributed by atoms with Gasteiger partial charge in [-0.25, -0.2) is 0 Å². The standard InChI is InChI=1S/C22H30N2O2/c1-16-12-17(2)14-19(13-16)22(24-10-5-8-23-9-11-24)18-6-7-20(25-3)21(15-18)26-4/h6-7,12-15,22-23H,5,8-11H2,1-4H3. The van der Waals surface area contributed by atoms with Gasteiger partial charge in [-0.15, -0.1) is 0 Å². The molecule has 4 heteroatoms. The lowest BCUT2D eigenvalue weighted by Crippen LogP contribution is -2.33. The lowest BCUT2D eigenvalue weighted by molar-refractivity contribution is 0.240. The van der Waals surface area contributed by atoms with Gasteiger partial charge in [0.25, 0.3) is 0 Å². The van der Waals surface area contributed by atoms with E-state index in [1.54, 1.807) is 14.2 Å². The Morgan fingerprint density at radius 3 is 2.27 bits per heavy atom. The summed E-state index contributed by atoms with van der Waals surface area (Å²) in [6, 6.07) is 13.4. The molecule has 2 aromatic carbocycles. The lowest BCUT2D eigenvalue weighted by atomic mass is 9.93. The summed E-state index contributed by atoms with van der Waals surface area (Å²) in [4.78, 5) is 2.58. The van der Waals surface area contributed by atoms with E-state index in [2.05, 4.69) is 54.4 Å². The third-order valence-electron chi connectivity index (χ3n) is 5.02. The van der Waals surface area contributed by atoms with Gasteiger partial charge >= 0.3 is 0 Å². The van der Waals surface area contributed by atoms with Crippen LogP contribution in [0.2, 0.25) is 0 Å². The summed E-state index contributed by atoms with van der Waals surface area (Å²) >= 11 is 0. The van der Waals surface area contributed by atoms with E-state index >= 15 is 0 Å². The second-order valence-electron chi connectivity index (χ2n) is 7.08. The first-order valence-electron chi connectivity index (χ1n) is 9.37. The van der Waals surface area contributed by atoms with Crippen molar-refractivity contribution in [2.75, 3.05) is 40.4 Å². The quantitative estimate of drug-likeness (QED) is 0.888. The zero-order chi connectivity index (χ0) is 18.5. The fourth-order valence-corrected chi connectivity index (χ4v) is 3.93. The number of rotatable bonds is 5. The highest BCUT2D eigenvalue weighted by atomic mass is 16.5. The summed E-state index contributed by atoms with van der Waals surface area (Å²) < 4.78 is 11.0. The third-order valence-corrected chi connectivity index (χ3v) is 5.02. The topological polar surface area (TPSA) is 33.7 Å². The molecule has 1 aliphatic rings. The molecule has 1 fully saturated rings. The first kappa shape index (κ1) is 18.7.